The average Bonchev–Trinajstić information content (AvgIpc) is 2.83. The van der Waals surface area contributed by atoms with E-state index in [2.05, 4.69) is 76.2 Å². The van der Waals surface area contributed by atoms with Gasteiger partial charge in [0.25, 0.3) is 0 Å². The highest BCUT2D eigenvalue weighted by Crippen LogP contribution is 2.42. The van der Waals surface area contributed by atoms with Crippen LogP contribution >= 0.6 is 0 Å². The second-order valence-corrected chi connectivity index (χ2v) is 11.9. The lowest BCUT2D eigenvalue weighted by Crippen LogP contribution is -2.57. The van der Waals surface area contributed by atoms with E-state index < -0.39 is 0 Å². The summed E-state index contributed by atoms with van der Waals surface area (Å²) in [5.74, 6) is 2.91. The maximum absolute atomic E-state index is 6.79. The maximum Gasteiger partial charge on any atom is 0.161 e. The molecule has 3 aliphatic heterocycles. The van der Waals surface area contributed by atoms with E-state index in [0.717, 1.165) is 19.3 Å². The maximum atomic E-state index is 6.79. The molecule has 0 aliphatic carbocycles. The van der Waals surface area contributed by atoms with Crippen molar-refractivity contribution in [1.82, 2.24) is 0 Å². The third kappa shape index (κ3) is 5.54. The largest absolute Gasteiger partial charge is 0.372 e. The molecule has 3 fully saturated rings. The summed E-state index contributed by atoms with van der Waals surface area (Å²) in [7, 11) is 0. The molecule has 3 rings (SSSR count). The van der Waals surface area contributed by atoms with Crippen molar-refractivity contribution in [2.24, 2.45) is 41.4 Å². The highest BCUT2D eigenvalue weighted by Gasteiger charge is 2.48. The Morgan fingerprint density at radius 1 is 0.441 bits per heavy atom. The molecule has 7 unspecified atom stereocenters. The Morgan fingerprint density at radius 2 is 0.853 bits per heavy atom. The molecule has 34 heavy (non-hydrogen) atoms. The van der Waals surface area contributed by atoms with Gasteiger partial charge in [-0.3, -0.25) is 0 Å². The topological polar surface area (TPSA) is 46.2 Å². The molecule has 0 N–H and O–H groups in total. The summed E-state index contributed by atoms with van der Waals surface area (Å²) in [4.78, 5) is 0. The number of ether oxygens (including phenoxy) is 5. The molecule has 5 nitrogen and oxygen atoms in total. The van der Waals surface area contributed by atoms with Crippen LogP contribution in [-0.4, -0.2) is 49.2 Å². The third-order valence-electron chi connectivity index (χ3n) is 10.1. The van der Waals surface area contributed by atoms with Crippen LogP contribution in [0.15, 0.2) is 0 Å². The lowest BCUT2D eigenvalue weighted by atomic mass is 9.78. The van der Waals surface area contributed by atoms with Gasteiger partial charge in [0.05, 0.1) is 36.6 Å². The Bertz CT molecular complexity index is 622. The van der Waals surface area contributed by atoms with Gasteiger partial charge in [-0.15, -0.1) is 0 Å². The summed E-state index contributed by atoms with van der Waals surface area (Å²) >= 11 is 0. The molecule has 0 aromatic heterocycles. The second-order valence-electron chi connectivity index (χ2n) is 11.9. The van der Waals surface area contributed by atoms with Crippen molar-refractivity contribution in [3.05, 3.63) is 0 Å². The molecule has 0 radical (unpaired) electrons. The van der Waals surface area contributed by atoms with Gasteiger partial charge in [-0.1, -0.05) is 69.2 Å². The third-order valence-corrected chi connectivity index (χ3v) is 10.1. The average molecular weight is 483 g/mol. The monoisotopic (exact) mass is 482 g/mol. The lowest BCUT2D eigenvalue weighted by molar-refractivity contribution is -0.339. The Hall–Kier alpha value is -0.200. The van der Waals surface area contributed by atoms with Crippen LogP contribution in [0.3, 0.4) is 0 Å². The quantitative estimate of drug-likeness (QED) is 0.405. The Balaban J connectivity index is 1.72. The van der Waals surface area contributed by atoms with Crippen molar-refractivity contribution >= 4 is 0 Å². The smallest absolute Gasteiger partial charge is 0.161 e. The molecule has 5 heteroatoms. The minimum absolute atomic E-state index is 0.00188. The van der Waals surface area contributed by atoms with Gasteiger partial charge in [0.2, 0.25) is 0 Å². The number of rotatable bonds is 7. The van der Waals surface area contributed by atoms with Crippen LogP contribution in [-0.2, 0) is 23.7 Å². The van der Waals surface area contributed by atoms with Gasteiger partial charge in [-0.2, -0.15) is 0 Å². The van der Waals surface area contributed by atoms with Crippen LogP contribution in [0.4, 0.5) is 0 Å². The van der Waals surface area contributed by atoms with Crippen LogP contribution < -0.4 is 0 Å². The van der Waals surface area contributed by atoms with Gasteiger partial charge in [-0.05, 0) is 55.8 Å². The predicted octanol–water partition coefficient (Wildman–Crippen LogP) is 6.68. The van der Waals surface area contributed by atoms with Gasteiger partial charge in [0.15, 0.2) is 12.6 Å². The Kier molecular flexibility index (Phi) is 9.93. The van der Waals surface area contributed by atoms with Gasteiger partial charge in [-0.25, -0.2) is 0 Å². The molecule has 3 saturated heterocycles. The first kappa shape index (κ1) is 28.4. The van der Waals surface area contributed by atoms with E-state index in [0.29, 0.717) is 35.5 Å². The molecular formula is C29H54O5. The lowest BCUT2D eigenvalue weighted by Gasteiger charge is -2.51. The molecule has 0 aromatic carbocycles. The summed E-state index contributed by atoms with van der Waals surface area (Å²) in [6.45, 7) is 24.9. The van der Waals surface area contributed by atoms with E-state index in [9.17, 15) is 0 Å². The fourth-order valence-corrected chi connectivity index (χ4v) is 6.46. The number of hydrogen-bond acceptors (Lipinski definition) is 5. The van der Waals surface area contributed by atoms with Gasteiger partial charge in [0, 0.05) is 11.8 Å². The molecule has 0 spiro atoms. The zero-order chi connectivity index (χ0) is 25.3. The van der Waals surface area contributed by atoms with E-state index in [4.69, 9.17) is 23.7 Å². The van der Waals surface area contributed by atoms with Gasteiger partial charge < -0.3 is 23.7 Å². The standard InChI is InChI=1S/C29H54O5/c1-12-23-17(6)15(4)20(9)28(31-23)34-27-19(8)21(10)29(32-25(27)14-3)33-26-18(7)16(5)22(11)30-24(26)13-2/h15-29H,12-14H2,1-11H3/t15?,16?,17-,18+,19?,20?,21?,22?,23+,24?,25+,26+,27-,28+,29+/m0/s1. The molecular weight excluding hydrogens is 428 g/mol. The summed E-state index contributed by atoms with van der Waals surface area (Å²) in [6.07, 6.45) is 3.16. The zero-order valence-electron chi connectivity index (χ0n) is 23.8. The first-order valence-corrected chi connectivity index (χ1v) is 14.3. The van der Waals surface area contributed by atoms with Crippen molar-refractivity contribution < 1.29 is 23.7 Å². The van der Waals surface area contributed by atoms with Crippen molar-refractivity contribution in [2.75, 3.05) is 0 Å². The second kappa shape index (κ2) is 11.9. The Labute approximate surface area is 210 Å². The van der Waals surface area contributed by atoms with Crippen molar-refractivity contribution in [1.29, 1.82) is 0 Å². The zero-order valence-corrected chi connectivity index (χ0v) is 23.8. The number of hydrogen-bond donors (Lipinski definition) is 0. The normalized spacial score (nSPS) is 52.5. The van der Waals surface area contributed by atoms with Crippen molar-refractivity contribution in [3.8, 4) is 0 Å². The minimum Gasteiger partial charge on any atom is -0.372 e. The van der Waals surface area contributed by atoms with E-state index >= 15 is 0 Å². The van der Waals surface area contributed by atoms with Crippen LogP contribution in [0.2, 0.25) is 0 Å². The highest BCUT2D eigenvalue weighted by molar-refractivity contribution is 4.92. The first-order valence-electron chi connectivity index (χ1n) is 14.3. The Morgan fingerprint density at radius 3 is 1.35 bits per heavy atom. The minimum atomic E-state index is -0.238. The molecule has 0 saturated carbocycles. The fraction of sp³-hybridized carbons (Fsp3) is 1.00. The van der Waals surface area contributed by atoms with E-state index in [-0.39, 0.29) is 55.1 Å². The SMILES string of the molecule is CCC1OC(C)C(C)[C@@H](C)[C@H]1O[C@H]1O[C@H](CC)[C@@H](O[C@H]2O[C@H](CC)[C@@H](C)C(C)C2C)C(C)C1C. The summed E-state index contributed by atoms with van der Waals surface area (Å²) < 4.78 is 33.1. The van der Waals surface area contributed by atoms with Gasteiger partial charge in [0.1, 0.15) is 0 Å². The van der Waals surface area contributed by atoms with Crippen molar-refractivity contribution in [3.63, 3.8) is 0 Å². The molecule has 200 valence electrons. The molecule has 0 aromatic rings. The van der Waals surface area contributed by atoms with Crippen LogP contribution in [0.25, 0.3) is 0 Å². The highest BCUT2D eigenvalue weighted by atomic mass is 16.7. The predicted molar refractivity (Wildman–Crippen MR) is 136 cm³/mol. The van der Waals surface area contributed by atoms with Gasteiger partial charge >= 0.3 is 0 Å². The van der Waals surface area contributed by atoms with E-state index in [1.54, 1.807) is 0 Å². The summed E-state index contributed by atoms with van der Waals surface area (Å²) in [6, 6.07) is 0. The van der Waals surface area contributed by atoms with Crippen molar-refractivity contribution in [2.45, 2.75) is 145 Å². The van der Waals surface area contributed by atoms with E-state index in [1.807, 2.05) is 0 Å². The molecule has 0 amide bonds. The first-order chi connectivity index (χ1) is 16.0. The summed E-state index contributed by atoms with van der Waals surface area (Å²) in [5, 5.41) is 0. The molecule has 15 atom stereocenters. The van der Waals surface area contributed by atoms with Crippen LogP contribution in [0.5, 0.6) is 0 Å². The molecule has 0 bridgehead atoms. The van der Waals surface area contributed by atoms with E-state index in [1.165, 1.54) is 0 Å². The van der Waals surface area contributed by atoms with Crippen LogP contribution in [0.1, 0.15) is 95.4 Å². The molecule has 3 heterocycles. The fourth-order valence-electron chi connectivity index (χ4n) is 6.46. The molecule has 3 aliphatic rings. The van der Waals surface area contributed by atoms with Crippen LogP contribution in [0, 0.1) is 41.4 Å². The summed E-state index contributed by atoms with van der Waals surface area (Å²) in [5.41, 5.74) is 0.